The van der Waals surface area contributed by atoms with Crippen molar-refractivity contribution in [3.05, 3.63) is 47.2 Å². The third-order valence-corrected chi connectivity index (χ3v) is 4.67. The van der Waals surface area contributed by atoms with Crippen LogP contribution in [0.3, 0.4) is 0 Å². The van der Waals surface area contributed by atoms with Gasteiger partial charge >= 0.3 is 6.18 Å². The van der Waals surface area contributed by atoms with Crippen LogP contribution in [0.2, 0.25) is 0 Å². The number of alkyl halides is 3. The third kappa shape index (κ3) is 4.81. The van der Waals surface area contributed by atoms with E-state index in [0.717, 1.165) is 32.4 Å². The SMILES string of the molecule is Cc1nnc(CN2CCCC(CCc3ccccc3C(F)(F)F)C2)o1. The maximum atomic E-state index is 13.1. The van der Waals surface area contributed by atoms with Gasteiger partial charge in [-0.1, -0.05) is 18.2 Å². The lowest BCUT2D eigenvalue weighted by molar-refractivity contribution is -0.138. The molecule has 2 heterocycles. The average molecular weight is 353 g/mol. The van der Waals surface area contributed by atoms with E-state index < -0.39 is 11.7 Å². The molecular weight excluding hydrogens is 331 g/mol. The number of nitrogens with zero attached hydrogens (tertiary/aromatic N) is 3. The normalized spacial score (nSPS) is 19.3. The first-order chi connectivity index (χ1) is 11.9. The molecule has 1 saturated heterocycles. The molecule has 1 aliphatic heterocycles. The van der Waals surface area contributed by atoms with Gasteiger partial charge in [0.15, 0.2) is 0 Å². The Morgan fingerprint density at radius 3 is 2.76 bits per heavy atom. The fourth-order valence-corrected chi connectivity index (χ4v) is 3.50. The molecule has 7 heteroatoms. The first-order valence-electron chi connectivity index (χ1n) is 8.58. The second kappa shape index (κ2) is 7.56. The van der Waals surface area contributed by atoms with Crippen molar-refractivity contribution < 1.29 is 17.6 Å². The summed E-state index contributed by atoms with van der Waals surface area (Å²) < 4.78 is 44.7. The Morgan fingerprint density at radius 1 is 1.24 bits per heavy atom. The van der Waals surface area contributed by atoms with Crippen LogP contribution in [0, 0.1) is 12.8 Å². The van der Waals surface area contributed by atoms with Crippen molar-refractivity contribution in [2.75, 3.05) is 13.1 Å². The largest absolute Gasteiger partial charge is 0.424 e. The molecule has 0 amide bonds. The molecule has 1 aromatic carbocycles. The number of likely N-dealkylation sites (tertiary alicyclic amines) is 1. The number of benzene rings is 1. The summed E-state index contributed by atoms with van der Waals surface area (Å²) in [5.74, 6) is 1.53. The van der Waals surface area contributed by atoms with Crippen molar-refractivity contribution in [2.24, 2.45) is 5.92 Å². The second-order valence-corrected chi connectivity index (χ2v) is 6.65. The predicted molar refractivity (Wildman–Crippen MR) is 86.8 cm³/mol. The Kier molecular flexibility index (Phi) is 5.42. The highest BCUT2D eigenvalue weighted by molar-refractivity contribution is 5.29. The van der Waals surface area contributed by atoms with E-state index >= 15 is 0 Å². The summed E-state index contributed by atoms with van der Waals surface area (Å²) in [6, 6.07) is 5.88. The highest BCUT2D eigenvalue weighted by Crippen LogP contribution is 2.33. The Bertz CT molecular complexity index is 699. The Morgan fingerprint density at radius 2 is 2.04 bits per heavy atom. The summed E-state index contributed by atoms with van der Waals surface area (Å²) in [6.07, 6.45) is -0.989. The van der Waals surface area contributed by atoms with Gasteiger partial charge in [-0.3, -0.25) is 4.90 Å². The molecular formula is C18H22F3N3O. The molecule has 4 nitrogen and oxygen atoms in total. The van der Waals surface area contributed by atoms with Crippen LogP contribution in [0.5, 0.6) is 0 Å². The van der Waals surface area contributed by atoms with Crippen molar-refractivity contribution in [2.45, 2.75) is 45.3 Å². The lowest BCUT2D eigenvalue weighted by Gasteiger charge is -2.32. The van der Waals surface area contributed by atoms with Crippen LogP contribution < -0.4 is 0 Å². The van der Waals surface area contributed by atoms with Crippen molar-refractivity contribution in [1.82, 2.24) is 15.1 Å². The minimum absolute atomic E-state index is 0.388. The maximum Gasteiger partial charge on any atom is 0.416 e. The van der Waals surface area contributed by atoms with E-state index in [1.807, 2.05) is 0 Å². The van der Waals surface area contributed by atoms with E-state index in [0.29, 0.717) is 36.2 Å². The second-order valence-electron chi connectivity index (χ2n) is 6.65. The molecule has 3 rings (SSSR count). The van der Waals surface area contributed by atoms with Gasteiger partial charge in [-0.15, -0.1) is 10.2 Å². The van der Waals surface area contributed by atoms with Gasteiger partial charge in [-0.05, 0) is 49.8 Å². The van der Waals surface area contributed by atoms with E-state index in [9.17, 15) is 13.2 Å². The van der Waals surface area contributed by atoms with Crippen LogP contribution in [-0.4, -0.2) is 28.2 Å². The summed E-state index contributed by atoms with van der Waals surface area (Å²) in [7, 11) is 0. The van der Waals surface area contributed by atoms with Crippen LogP contribution in [0.15, 0.2) is 28.7 Å². The van der Waals surface area contributed by atoms with Crippen LogP contribution in [-0.2, 0) is 19.1 Å². The van der Waals surface area contributed by atoms with Gasteiger partial charge < -0.3 is 4.42 Å². The summed E-state index contributed by atoms with van der Waals surface area (Å²) in [6.45, 7) is 4.18. The van der Waals surface area contributed by atoms with Gasteiger partial charge in [-0.25, -0.2) is 0 Å². The highest BCUT2D eigenvalue weighted by atomic mass is 19.4. The molecule has 2 aromatic rings. The fourth-order valence-electron chi connectivity index (χ4n) is 3.50. The van der Waals surface area contributed by atoms with Crippen LogP contribution >= 0.6 is 0 Å². The maximum absolute atomic E-state index is 13.1. The monoisotopic (exact) mass is 353 g/mol. The topological polar surface area (TPSA) is 42.2 Å². The highest BCUT2D eigenvalue weighted by Gasteiger charge is 2.33. The number of aromatic nitrogens is 2. The Hall–Kier alpha value is -1.89. The van der Waals surface area contributed by atoms with Crippen LogP contribution in [0.4, 0.5) is 13.2 Å². The van der Waals surface area contributed by atoms with E-state index in [1.54, 1.807) is 19.1 Å². The molecule has 1 aliphatic rings. The molecule has 1 unspecified atom stereocenters. The molecule has 1 atom stereocenters. The van der Waals surface area contributed by atoms with Gasteiger partial charge in [-0.2, -0.15) is 13.2 Å². The molecule has 0 saturated carbocycles. The summed E-state index contributed by atoms with van der Waals surface area (Å²) in [4.78, 5) is 2.25. The fraction of sp³-hybridized carbons (Fsp3) is 0.556. The molecule has 136 valence electrons. The molecule has 0 radical (unpaired) electrons. The van der Waals surface area contributed by atoms with E-state index in [1.165, 1.54) is 12.1 Å². The lowest BCUT2D eigenvalue weighted by Crippen LogP contribution is -2.35. The summed E-state index contributed by atoms with van der Waals surface area (Å²) in [5.41, 5.74) is -0.122. The Labute approximate surface area is 145 Å². The smallest absolute Gasteiger partial charge is 0.416 e. The number of halogens is 3. The van der Waals surface area contributed by atoms with E-state index in [4.69, 9.17) is 4.42 Å². The number of rotatable bonds is 5. The molecule has 1 fully saturated rings. The number of hydrogen-bond donors (Lipinski definition) is 0. The first-order valence-corrected chi connectivity index (χ1v) is 8.58. The van der Waals surface area contributed by atoms with Crippen molar-refractivity contribution in [3.63, 3.8) is 0 Å². The zero-order valence-corrected chi connectivity index (χ0v) is 14.2. The Balaban J connectivity index is 1.57. The average Bonchev–Trinajstić information content (AvgIpc) is 2.98. The number of hydrogen-bond acceptors (Lipinski definition) is 4. The van der Waals surface area contributed by atoms with Gasteiger partial charge in [0.05, 0.1) is 12.1 Å². The molecule has 0 spiro atoms. The number of piperidine rings is 1. The summed E-state index contributed by atoms with van der Waals surface area (Å²) in [5, 5.41) is 7.84. The molecule has 25 heavy (non-hydrogen) atoms. The quantitative estimate of drug-likeness (QED) is 0.806. The van der Waals surface area contributed by atoms with Crippen molar-refractivity contribution >= 4 is 0 Å². The minimum atomic E-state index is -4.29. The molecule has 0 aliphatic carbocycles. The predicted octanol–water partition coefficient (Wildman–Crippen LogP) is 4.24. The standard InChI is InChI=1S/C18H22F3N3O/c1-13-22-23-17(25-13)12-24-10-4-5-14(11-24)8-9-15-6-2-3-7-16(15)18(19,20)21/h2-3,6-7,14H,4-5,8-12H2,1H3. The van der Waals surface area contributed by atoms with Gasteiger partial charge in [0.25, 0.3) is 0 Å². The molecule has 0 N–H and O–H groups in total. The third-order valence-electron chi connectivity index (χ3n) is 4.67. The van der Waals surface area contributed by atoms with E-state index in [2.05, 4.69) is 15.1 Å². The minimum Gasteiger partial charge on any atom is -0.424 e. The molecule has 1 aromatic heterocycles. The lowest BCUT2D eigenvalue weighted by atomic mass is 9.90. The van der Waals surface area contributed by atoms with Gasteiger partial charge in [0, 0.05) is 13.5 Å². The van der Waals surface area contributed by atoms with Crippen molar-refractivity contribution in [3.8, 4) is 0 Å². The van der Waals surface area contributed by atoms with Crippen molar-refractivity contribution in [1.29, 1.82) is 0 Å². The van der Waals surface area contributed by atoms with Crippen LogP contribution in [0.1, 0.15) is 42.2 Å². The zero-order chi connectivity index (χ0) is 17.9. The van der Waals surface area contributed by atoms with Gasteiger partial charge in [0.1, 0.15) is 0 Å². The summed E-state index contributed by atoms with van der Waals surface area (Å²) >= 11 is 0. The first kappa shape index (κ1) is 17.9. The molecule has 0 bridgehead atoms. The van der Waals surface area contributed by atoms with E-state index in [-0.39, 0.29) is 0 Å². The zero-order valence-electron chi connectivity index (χ0n) is 14.2. The van der Waals surface area contributed by atoms with Crippen LogP contribution in [0.25, 0.3) is 0 Å². The number of aryl methyl sites for hydroxylation is 2. The van der Waals surface area contributed by atoms with Gasteiger partial charge in [0.2, 0.25) is 11.8 Å².